The van der Waals surface area contributed by atoms with E-state index in [0.29, 0.717) is 4.57 Å². The molecule has 0 aliphatic rings. The van der Waals surface area contributed by atoms with Gasteiger partial charge < -0.3 is 0 Å². The fraction of sp³-hybridized carbons (Fsp3) is 0. The molecule has 19 heavy (non-hydrogen) atoms. The summed E-state index contributed by atoms with van der Waals surface area (Å²) in [4.78, 5) is 25.2. The smallest absolute Gasteiger partial charge is 0.295 e. The summed E-state index contributed by atoms with van der Waals surface area (Å²) in [6, 6.07) is 1.67. The van der Waals surface area contributed by atoms with E-state index in [4.69, 9.17) is 34.8 Å². The Bertz CT molecular complexity index is 762. The number of nitrogens with zero attached hydrogens (tertiary/aromatic N) is 1. The van der Waals surface area contributed by atoms with Gasteiger partial charge in [-0.2, -0.15) is 4.39 Å². The van der Waals surface area contributed by atoms with E-state index in [-0.39, 0.29) is 15.7 Å². The van der Waals surface area contributed by atoms with Gasteiger partial charge in [0.15, 0.2) is 5.15 Å². The van der Waals surface area contributed by atoms with E-state index in [0.717, 1.165) is 12.1 Å². The topological polar surface area (TPSA) is 54.9 Å². The second-order valence-electron chi connectivity index (χ2n) is 3.42. The van der Waals surface area contributed by atoms with Gasteiger partial charge in [-0.3, -0.25) is 9.78 Å². The van der Waals surface area contributed by atoms with Crippen LogP contribution < -0.4 is 11.2 Å². The van der Waals surface area contributed by atoms with E-state index in [2.05, 4.69) is 0 Å². The zero-order valence-corrected chi connectivity index (χ0v) is 11.1. The third-order valence-electron chi connectivity index (χ3n) is 2.21. The second-order valence-corrected chi connectivity index (χ2v) is 4.61. The lowest BCUT2D eigenvalue weighted by Gasteiger charge is -2.09. The maximum absolute atomic E-state index is 13.4. The fourth-order valence-corrected chi connectivity index (χ4v) is 2.23. The van der Waals surface area contributed by atoms with Gasteiger partial charge in [-0.05, 0) is 12.1 Å². The van der Waals surface area contributed by atoms with Crippen molar-refractivity contribution in [3.63, 3.8) is 0 Å². The average molecular weight is 328 g/mol. The Morgan fingerprint density at radius 1 is 1.05 bits per heavy atom. The van der Waals surface area contributed by atoms with Gasteiger partial charge in [0.2, 0.25) is 5.82 Å². The van der Waals surface area contributed by atoms with Gasteiger partial charge in [-0.25, -0.2) is 13.8 Å². The van der Waals surface area contributed by atoms with Crippen molar-refractivity contribution in [1.29, 1.82) is 0 Å². The van der Waals surface area contributed by atoms with Gasteiger partial charge in [0, 0.05) is 0 Å². The summed E-state index contributed by atoms with van der Waals surface area (Å²) in [5, 5.41) is -1.38. The summed E-state index contributed by atoms with van der Waals surface area (Å²) < 4.78 is 26.8. The number of halogens is 5. The molecule has 0 aliphatic heterocycles. The van der Waals surface area contributed by atoms with Crippen LogP contribution in [0.5, 0.6) is 0 Å². The molecule has 4 nitrogen and oxygen atoms in total. The van der Waals surface area contributed by atoms with E-state index in [1.807, 2.05) is 4.98 Å². The molecule has 0 saturated heterocycles. The molecule has 1 aromatic heterocycles. The number of rotatable bonds is 1. The van der Waals surface area contributed by atoms with Crippen LogP contribution in [0.3, 0.4) is 0 Å². The molecule has 0 fully saturated rings. The molecule has 1 heterocycles. The van der Waals surface area contributed by atoms with E-state index in [1.165, 1.54) is 0 Å². The van der Waals surface area contributed by atoms with Crippen molar-refractivity contribution in [2.75, 3.05) is 0 Å². The molecule has 0 atom stereocenters. The lowest BCUT2D eigenvalue weighted by atomic mass is 10.3. The standard InChI is InChI=1S/C10H3Cl3F2N2O2/c11-4-1-3(14)2-5(12)7(4)17-9(18)6(15)8(13)16-10(17)19/h1-2H,(H,16,19). The van der Waals surface area contributed by atoms with Crippen LogP contribution in [0.1, 0.15) is 0 Å². The van der Waals surface area contributed by atoms with Crippen molar-refractivity contribution in [2.45, 2.75) is 0 Å². The van der Waals surface area contributed by atoms with Gasteiger partial charge in [-0.15, -0.1) is 0 Å². The Labute approximate surface area is 119 Å². The molecular formula is C10H3Cl3F2N2O2. The molecule has 1 aromatic carbocycles. The monoisotopic (exact) mass is 326 g/mol. The highest BCUT2D eigenvalue weighted by Gasteiger charge is 2.19. The largest absolute Gasteiger partial charge is 0.334 e. The second kappa shape index (κ2) is 4.96. The summed E-state index contributed by atoms with van der Waals surface area (Å²) in [5.74, 6) is -2.14. The molecule has 0 bridgehead atoms. The minimum Gasteiger partial charge on any atom is -0.295 e. The SMILES string of the molecule is O=c1[nH]c(Cl)c(F)c(=O)n1-c1c(Cl)cc(F)cc1Cl. The van der Waals surface area contributed by atoms with Crippen LogP contribution in [0, 0.1) is 11.6 Å². The predicted molar refractivity (Wildman–Crippen MR) is 67.6 cm³/mol. The number of aromatic nitrogens is 2. The molecule has 2 rings (SSSR count). The first-order valence-corrected chi connectivity index (χ1v) is 5.81. The molecular weight excluding hydrogens is 324 g/mol. The first-order valence-electron chi connectivity index (χ1n) is 4.68. The van der Waals surface area contributed by atoms with E-state index in [1.54, 1.807) is 0 Å². The number of aromatic amines is 1. The van der Waals surface area contributed by atoms with Crippen LogP contribution in [-0.4, -0.2) is 9.55 Å². The maximum Gasteiger partial charge on any atom is 0.334 e. The van der Waals surface area contributed by atoms with Crippen LogP contribution >= 0.6 is 34.8 Å². The molecule has 0 spiro atoms. The Kier molecular flexibility index (Phi) is 3.66. The normalized spacial score (nSPS) is 10.8. The zero-order chi connectivity index (χ0) is 14.3. The third-order valence-corrected chi connectivity index (χ3v) is 3.05. The average Bonchev–Trinajstić information content (AvgIpc) is 2.29. The van der Waals surface area contributed by atoms with Gasteiger partial charge in [0.25, 0.3) is 5.56 Å². The molecule has 1 N–H and O–H groups in total. The Balaban J connectivity index is 2.93. The summed E-state index contributed by atoms with van der Waals surface area (Å²) in [7, 11) is 0. The molecule has 0 aliphatic carbocycles. The zero-order valence-electron chi connectivity index (χ0n) is 8.81. The van der Waals surface area contributed by atoms with Gasteiger partial charge in [-0.1, -0.05) is 34.8 Å². The van der Waals surface area contributed by atoms with Crippen LogP contribution in [-0.2, 0) is 0 Å². The summed E-state index contributed by atoms with van der Waals surface area (Å²) in [5.41, 5.74) is -2.72. The van der Waals surface area contributed by atoms with Crippen molar-refractivity contribution in [2.24, 2.45) is 0 Å². The quantitative estimate of drug-likeness (QED) is 0.819. The highest BCUT2D eigenvalue weighted by atomic mass is 35.5. The van der Waals surface area contributed by atoms with Crippen molar-refractivity contribution in [3.05, 3.63) is 59.8 Å². The lowest BCUT2D eigenvalue weighted by Crippen LogP contribution is -2.36. The van der Waals surface area contributed by atoms with Gasteiger partial charge >= 0.3 is 5.69 Å². The number of hydrogen-bond acceptors (Lipinski definition) is 2. The maximum atomic E-state index is 13.4. The van der Waals surface area contributed by atoms with E-state index >= 15 is 0 Å². The number of nitrogens with one attached hydrogen (secondary N) is 1. The molecule has 0 unspecified atom stereocenters. The van der Waals surface area contributed by atoms with Crippen LogP contribution in [0.4, 0.5) is 8.78 Å². The molecule has 2 aromatic rings. The van der Waals surface area contributed by atoms with Gasteiger partial charge in [0.1, 0.15) is 5.82 Å². The first kappa shape index (κ1) is 14.0. The molecule has 100 valence electrons. The highest BCUT2D eigenvalue weighted by molar-refractivity contribution is 6.37. The Hall–Kier alpha value is -1.37. The third kappa shape index (κ3) is 2.39. The lowest BCUT2D eigenvalue weighted by molar-refractivity contribution is 0.584. The Morgan fingerprint density at radius 3 is 2.11 bits per heavy atom. The van der Waals surface area contributed by atoms with Crippen LogP contribution in [0.15, 0.2) is 21.7 Å². The predicted octanol–water partition coefficient (Wildman–Crippen LogP) is 2.76. The van der Waals surface area contributed by atoms with E-state index in [9.17, 15) is 18.4 Å². The van der Waals surface area contributed by atoms with Crippen molar-refractivity contribution in [3.8, 4) is 5.69 Å². The Morgan fingerprint density at radius 2 is 1.58 bits per heavy atom. The molecule has 0 amide bonds. The van der Waals surface area contributed by atoms with Crippen LogP contribution in [0.25, 0.3) is 5.69 Å². The number of benzene rings is 1. The summed E-state index contributed by atoms with van der Waals surface area (Å²) in [6.07, 6.45) is 0. The molecule has 9 heteroatoms. The van der Waals surface area contributed by atoms with Crippen LogP contribution in [0.2, 0.25) is 15.2 Å². The molecule has 0 radical (unpaired) electrons. The summed E-state index contributed by atoms with van der Waals surface area (Å²) in [6.45, 7) is 0. The number of hydrogen-bond donors (Lipinski definition) is 1. The highest BCUT2D eigenvalue weighted by Crippen LogP contribution is 2.28. The minimum absolute atomic E-state index is 0.320. The summed E-state index contributed by atoms with van der Waals surface area (Å²) >= 11 is 16.7. The van der Waals surface area contributed by atoms with Crippen molar-refractivity contribution >= 4 is 34.8 Å². The minimum atomic E-state index is -1.38. The van der Waals surface area contributed by atoms with Crippen molar-refractivity contribution in [1.82, 2.24) is 9.55 Å². The number of H-pyrrole nitrogens is 1. The molecule has 0 saturated carbocycles. The van der Waals surface area contributed by atoms with Gasteiger partial charge in [0.05, 0.1) is 15.7 Å². The van der Waals surface area contributed by atoms with E-state index < -0.39 is 28.0 Å². The first-order chi connectivity index (χ1) is 8.82. The fourth-order valence-electron chi connectivity index (χ4n) is 1.44. The van der Waals surface area contributed by atoms with Crippen molar-refractivity contribution < 1.29 is 8.78 Å².